The summed E-state index contributed by atoms with van der Waals surface area (Å²) in [5.41, 5.74) is 1.42. The van der Waals surface area contributed by atoms with Crippen LogP contribution in [0.25, 0.3) is 0 Å². The predicted molar refractivity (Wildman–Crippen MR) is 101 cm³/mol. The molecule has 0 spiro atoms. The number of aromatic nitrogens is 1. The summed E-state index contributed by atoms with van der Waals surface area (Å²) < 4.78 is 27.7. The van der Waals surface area contributed by atoms with Crippen LogP contribution in [0.1, 0.15) is 5.56 Å². The van der Waals surface area contributed by atoms with Gasteiger partial charge < -0.3 is 0 Å². The highest BCUT2D eigenvalue weighted by Gasteiger charge is 2.26. The lowest BCUT2D eigenvalue weighted by Crippen LogP contribution is -2.30. The highest BCUT2D eigenvalue weighted by Crippen LogP contribution is 2.28. The third-order valence-corrected chi connectivity index (χ3v) is 6.00. The molecule has 0 bridgehead atoms. The van der Waals surface area contributed by atoms with Gasteiger partial charge in [-0.05, 0) is 23.8 Å². The summed E-state index contributed by atoms with van der Waals surface area (Å²) in [6.07, 6.45) is 1.21. The molecule has 0 atom stereocenters. The van der Waals surface area contributed by atoms with Crippen molar-refractivity contribution in [1.29, 1.82) is 0 Å². The summed E-state index contributed by atoms with van der Waals surface area (Å²) in [5.74, 6) is 0. The second kappa shape index (κ2) is 7.44. The molecular formula is C18H14Cl2N2O2S. The molecule has 0 aliphatic carbocycles. The second-order valence-electron chi connectivity index (χ2n) is 5.28. The van der Waals surface area contributed by atoms with Crippen molar-refractivity contribution < 1.29 is 8.42 Å². The number of nitrogens with zero attached hydrogens (tertiary/aromatic N) is 2. The van der Waals surface area contributed by atoms with Gasteiger partial charge in [0, 0.05) is 6.20 Å². The number of anilines is 1. The van der Waals surface area contributed by atoms with Crippen LogP contribution in [0.5, 0.6) is 0 Å². The molecule has 0 radical (unpaired) electrons. The Morgan fingerprint density at radius 3 is 2.12 bits per heavy atom. The Morgan fingerprint density at radius 1 is 0.920 bits per heavy atom. The zero-order valence-electron chi connectivity index (χ0n) is 13.0. The van der Waals surface area contributed by atoms with Crippen molar-refractivity contribution in [2.45, 2.75) is 11.4 Å². The van der Waals surface area contributed by atoms with Gasteiger partial charge in [0.2, 0.25) is 0 Å². The Labute approximate surface area is 156 Å². The van der Waals surface area contributed by atoms with Crippen molar-refractivity contribution in [1.82, 2.24) is 4.98 Å². The van der Waals surface area contributed by atoms with E-state index in [9.17, 15) is 8.42 Å². The van der Waals surface area contributed by atoms with Crippen LogP contribution in [0.15, 0.2) is 77.8 Å². The number of hydrogen-bond donors (Lipinski definition) is 0. The second-order valence-corrected chi connectivity index (χ2v) is 7.90. The van der Waals surface area contributed by atoms with Crippen molar-refractivity contribution in [2.75, 3.05) is 4.31 Å². The fourth-order valence-electron chi connectivity index (χ4n) is 2.33. The summed E-state index contributed by atoms with van der Waals surface area (Å²) in [4.78, 5) is 3.84. The van der Waals surface area contributed by atoms with Gasteiger partial charge in [-0.3, -0.25) is 4.31 Å². The SMILES string of the molecule is O=S(=O)(c1cnc(Cl)c(Cl)c1)N(Cc1ccccc1)c1ccccc1. The van der Waals surface area contributed by atoms with E-state index in [1.165, 1.54) is 16.6 Å². The molecule has 0 aliphatic rings. The molecule has 0 N–H and O–H groups in total. The summed E-state index contributed by atoms with van der Waals surface area (Å²) in [6.45, 7) is 0.188. The molecule has 1 aromatic heterocycles. The minimum absolute atomic E-state index is 0.0123. The van der Waals surface area contributed by atoms with E-state index in [1.807, 2.05) is 36.4 Å². The minimum Gasteiger partial charge on any atom is -0.262 e. The quantitative estimate of drug-likeness (QED) is 0.586. The van der Waals surface area contributed by atoms with Crippen molar-refractivity contribution in [3.8, 4) is 0 Å². The minimum atomic E-state index is -3.86. The first-order valence-electron chi connectivity index (χ1n) is 7.41. The molecule has 0 saturated heterocycles. The third-order valence-electron chi connectivity index (χ3n) is 3.57. The predicted octanol–water partition coefficient (Wildman–Crippen LogP) is 4.78. The lowest BCUT2D eigenvalue weighted by molar-refractivity contribution is 0.590. The van der Waals surface area contributed by atoms with Gasteiger partial charge in [-0.25, -0.2) is 13.4 Å². The molecule has 3 aromatic rings. The maximum Gasteiger partial charge on any atom is 0.266 e. The highest BCUT2D eigenvalue weighted by molar-refractivity contribution is 7.92. The largest absolute Gasteiger partial charge is 0.266 e. The molecule has 2 aromatic carbocycles. The summed E-state index contributed by atoms with van der Waals surface area (Å²) >= 11 is 11.8. The number of halogens is 2. The molecule has 128 valence electrons. The number of para-hydroxylation sites is 1. The highest BCUT2D eigenvalue weighted by atomic mass is 35.5. The van der Waals surface area contributed by atoms with E-state index in [0.29, 0.717) is 5.69 Å². The van der Waals surface area contributed by atoms with Crippen LogP contribution in [-0.2, 0) is 16.6 Å². The first-order valence-corrected chi connectivity index (χ1v) is 9.61. The van der Waals surface area contributed by atoms with E-state index in [-0.39, 0.29) is 21.6 Å². The normalized spacial score (nSPS) is 11.3. The molecule has 1 heterocycles. The zero-order valence-corrected chi connectivity index (χ0v) is 15.3. The zero-order chi connectivity index (χ0) is 17.9. The fraction of sp³-hybridized carbons (Fsp3) is 0.0556. The van der Waals surface area contributed by atoms with Crippen molar-refractivity contribution in [2.24, 2.45) is 0 Å². The number of rotatable bonds is 5. The fourth-order valence-corrected chi connectivity index (χ4v) is 4.09. The van der Waals surface area contributed by atoms with Gasteiger partial charge in [0.25, 0.3) is 10.0 Å². The molecule has 0 amide bonds. The van der Waals surface area contributed by atoms with E-state index < -0.39 is 10.0 Å². The summed E-state index contributed by atoms with van der Waals surface area (Å²) in [7, 11) is -3.86. The van der Waals surface area contributed by atoms with Crippen molar-refractivity contribution in [3.63, 3.8) is 0 Å². The molecular weight excluding hydrogens is 379 g/mol. The van der Waals surface area contributed by atoms with Crippen LogP contribution in [0.2, 0.25) is 10.2 Å². The molecule has 0 aliphatic heterocycles. The number of hydrogen-bond acceptors (Lipinski definition) is 3. The monoisotopic (exact) mass is 392 g/mol. The Kier molecular flexibility index (Phi) is 5.27. The molecule has 0 unspecified atom stereocenters. The van der Waals surface area contributed by atoms with Crippen LogP contribution >= 0.6 is 23.2 Å². The topological polar surface area (TPSA) is 50.3 Å². The number of pyridine rings is 1. The van der Waals surface area contributed by atoms with E-state index >= 15 is 0 Å². The third kappa shape index (κ3) is 3.95. The molecule has 3 rings (SSSR count). The molecule has 0 fully saturated rings. The first-order chi connectivity index (χ1) is 12.0. The maximum absolute atomic E-state index is 13.2. The van der Waals surface area contributed by atoms with Gasteiger partial charge in [-0.2, -0.15) is 0 Å². The van der Waals surface area contributed by atoms with Crippen molar-refractivity contribution in [3.05, 3.63) is 88.7 Å². The summed E-state index contributed by atoms with van der Waals surface area (Å²) in [6, 6.07) is 19.6. The maximum atomic E-state index is 13.2. The average Bonchev–Trinajstić information content (AvgIpc) is 2.63. The van der Waals surface area contributed by atoms with E-state index in [0.717, 1.165) is 5.56 Å². The Hall–Kier alpha value is -2.08. The summed E-state index contributed by atoms with van der Waals surface area (Å²) in [5, 5.41) is 0.158. The van der Waals surface area contributed by atoms with Crippen LogP contribution < -0.4 is 4.31 Å². The lowest BCUT2D eigenvalue weighted by Gasteiger charge is -2.24. The van der Waals surface area contributed by atoms with E-state index in [1.54, 1.807) is 24.3 Å². The van der Waals surface area contributed by atoms with Crippen LogP contribution in [0, 0.1) is 0 Å². The molecule has 4 nitrogen and oxygen atoms in total. The lowest BCUT2D eigenvalue weighted by atomic mass is 10.2. The number of sulfonamides is 1. The molecule has 0 saturated carbocycles. The molecule has 25 heavy (non-hydrogen) atoms. The van der Waals surface area contributed by atoms with Gasteiger partial charge in [-0.15, -0.1) is 0 Å². The Bertz CT molecular complexity index is 965. The van der Waals surface area contributed by atoms with Gasteiger partial charge in [0.15, 0.2) is 0 Å². The van der Waals surface area contributed by atoms with Gasteiger partial charge in [0.05, 0.1) is 17.3 Å². The van der Waals surface area contributed by atoms with Gasteiger partial charge >= 0.3 is 0 Å². The Balaban J connectivity index is 2.08. The smallest absolute Gasteiger partial charge is 0.262 e. The van der Waals surface area contributed by atoms with E-state index in [2.05, 4.69) is 4.98 Å². The van der Waals surface area contributed by atoms with Crippen LogP contribution in [0.3, 0.4) is 0 Å². The molecule has 7 heteroatoms. The Morgan fingerprint density at radius 2 is 1.52 bits per heavy atom. The average molecular weight is 393 g/mol. The van der Waals surface area contributed by atoms with Gasteiger partial charge in [0.1, 0.15) is 10.0 Å². The number of benzene rings is 2. The van der Waals surface area contributed by atoms with Crippen LogP contribution in [0.4, 0.5) is 5.69 Å². The van der Waals surface area contributed by atoms with Crippen molar-refractivity contribution >= 4 is 38.9 Å². The first kappa shape index (κ1) is 17.7. The van der Waals surface area contributed by atoms with Gasteiger partial charge in [-0.1, -0.05) is 71.7 Å². The standard InChI is InChI=1S/C18H14Cl2N2O2S/c19-17-11-16(12-21-18(17)20)25(23,24)22(15-9-5-2-6-10-15)13-14-7-3-1-4-8-14/h1-12H,13H2. The van der Waals surface area contributed by atoms with Crippen LogP contribution in [-0.4, -0.2) is 13.4 Å². The van der Waals surface area contributed by atoms with E-state index in [4.69, 9.17) is 23.2 Å².